The molecule has 9 heteroatoms. The molecular formula is C18H16Cl2N2O3S2. The summed E-state index contributed by atoms with van der Waals surface area (Å²) in [6, 6.07) is 10.1. The number of nitrogens with zero attached hydrogens (tertiary/aromatic N) is 1. The van der Waals surface area contributed by atoms with Crippen molar-refractivity contribution in [2.45, 2.75) is 24.7 Å². The number of carbonyl (C=O) groups is 1. The second kappa shape index (κ2) is 8.14. The van der Waals surface area contributed by atoms with E-state index in [9.17, 15) is 13.2 Å². The molecule has 3 aromatic rings. The number of hydrogen-bond acceptors (Lipinski definition) is 5. The lowest BCUT2D eigenvalue weighted by atomic mass is 10.2. The monoisotopic (exact) mass is 442 g/mol. The molecular weight excluding hydrogens is 427 g/mol. The summed E-state index contributed by atoms with van der Waals surface area (Å²) in [7, 11) is -3.40. The first-order valence-electron chi connectivity index (χ1n) is 8.10. The molecule has 0 aliphatic rings. The predicted molar refractivity (Wildman–Crippen MR) is 111 cm³/mol. The van der Waals surface area contributed by atoms with Crippen molar-refractivity contribution in [1.82, 2.24) is 4.98 Å². The lowest BCUT2D eigenvalue weighted by Crippen LogP contribution is -2.14. The first-order chi connectivity index (χ1) is 12.8. The molecule has 142 valence electrons. The highest BCUT2D eigenvalue weighted by Gasteiger charge is 2.16. The maximum absolute atomic E-state index is 12.3. The zero-order valence-electron chi connectivity index (χ0n) is 14.3. The first-order valence-corrected chi connectivity index (χ1v) is 11.3. The van der Waals surface area contributed by atoms with Crippen LogP contribution in [0, 0.1) is 6.92 Å². The Labute approximate surface area is 171 Å². The van der Waals surface area contributed by atoms with Crippen molar-refractivity contribution in [2.24, 2.45) is 0 Å². The van der Waals surface area contributed by atoms with Gasteiger partial charge in [-0.25, -0.2) is 13.4 Å². The van der Waals surface area contributed by atoms with Crippen LogP contribution >= 0.6 is 34.5 Å². The minimum absolute atomic E-state index is 0.0789. The fourth-order valence-electron chi connectivity index (χ4n) is 2.46. The van der Waals surface area contributed by atoms with Gasteiger partial charge in [0.2, 0.25) is 5.91 Å². The van der Waals surface area contributed by atoms with Crippen LogP contribution in [0.1, 0.15) is 18.4 Å². The number of rotatable bonds is 6. The number of halogens is 2. The van der Waals surface area contributed by atoms with Gasteiger partial charge >= 0.3 is 0 Å². The Hall–Kier alpha value is -1.67. The zero-order chi connectivity index (χ0) is 19.6. The molecule has 0 aliphatic heterocycles. The molecule has 1 heterocycles. The van der Waals surface area contributed by atoms with Gasteiger partial charge in [-0.15, -0.1) is 0 Å². The van der Waals surface area contributed by atoms with E-state index in [0.29, 0.717) is 20.7 Å². The zero-order valence-corrected chi connectivity index (χ0v) is 17.5. The van der Waals surface area contributed by atoms with Crippen molar-refractivity contribution in [1.29, 1.82) is 0 Å². The van der Waals surface area contributed by atoms with Gasteiger partial charge in [0.15, 0.2) is 15.0 Å². The van der Waals surface area contributed by atoms with Crippen LogP contribution in [-0.2, 0) is 14.6 Å². The van der Waals surface area contributed by atoms with Crippen molar-refractivity contribution < 1.29 is 13.2 Å². The number of hydrogen-bond donors (Lipinski definition) is 1. The molecule has 0 fully saturated rings. The highest BCUT2D eigenvalue weighted by molar-refractivity contribution is 7.91. The molecule has 0 saturated heterocycles. The number of thiazole rings is 1. The SMILES string of the molecule is Cc1ccc(S(=O)(=O)CCCC(=O)Nc2nc3c(Cl)c(Cl)ccc3s2)cc1. The van der Waals surface area contributed by atoms with E-state index in [1.807, 2.05) is 6.92 Å². The topological polar surface area (TPSA) is 76.1 Å². The highest BCUT2D eigenvalue weighted by atomic mass is 35.5. The van der Waals surface area contributed by atoms with Crippen LogP contribution in [0.2, 0.25) is 10.0 Å². The third-order valence-electron chi connectivity index (χ3n) is 3.90. The van der Waals surface area contributed by atoms with E-state index in [2.05, 4.69) is 10.3 Å². The van der Waals surface area contributed by atoms with Gasteiger partial charge in [0.1, 0.15) is 5.52 Å². The van der Waals surface area contributed by atoms with Gasteiger partial charge in [0.25, 0.3) is 0 Å². The van der Waals surface area contributed by atoms with Crippen LogP contribution in [0.4, 0.5) is 5.13 Å². The fourth-order valence-corrected chi connectivity index (χ4v) is 5.08. The van der Waals surface area contributed by atoms with E-state index in [1.165, 1.54) is 11.3 Å². The Bertz CT molecular complexity index is 1090. The van der Waals surface area contributed by atoms with Gasteiger partial charge in [-0.05, 0) is 37.6 Å². The van der Waals surface area contributed by atoms with Crippen LogP contribution in [0.25, 0.3) is 10.2 Å². The summed E-state index contributed by atoms with van der Waals surface area (Å²) < 4.78 is 25.4. The minimum Gasteiger partial charge on any atom is -0.302 e. The third kappa shape index (κ3) is 4.79. The van der Waals surface area contributed by atoms with Crippen molar-refractivity contribution >= 4 is 65.6 Å². The Morgan fingerprint density at radius 2 is 1.85 bits per heavy atom. The predicted octanol–water partition coefficient (Wildman–Crippen LogP) is 5.10. The Balaban J connectivity index is 1.58. The van der Waals surface area contributed by atoms with Gasteiger partial charge in [-0.3, -0.25) is 4.79 Å². The molecule has 0 atom stereocenters. The Kier molecular flexibility index (Phi) is 6.05. The summed E-state index contributed by atoms with van der Waals surface area (Å²) in [4.78, 5) is 16.7. The molecule has 0 unspecified atom stereocenters. The lowest BCUT2D eigenvalue weighted by Gasteiger charge is -2.05. The molecule has 0 radical (unpaired) electrons. The Morgan fingerprint density at radius 1 is 1.15 bits per heavy atom. The fraction of sp³-hybridized carbons (Fsp3) is 0.222. The van der Waals surface area contributed by atoms with E-state index in [1.54, 1.807) is 36.4 Å². The van der Waals surface area contributed by atoms with Gasteiger partial charge in [0, 0.05) is 6.42 Å². The number of aryl methyl sites for hydroxylation is 1. The molecule has 3 rings (SSSR count). The standard InChI is InChI=1S/C18H16Cl2N2O3S2/c1-11-4-6-12(7-5-11)27(24,25)10-2-3-15(23)21-18-22-17-14(26-18)9-8-13(19)16(17)20/h4-9H,2-3,10H2,1H3,(H,21,22,23). The summed E-state index contributed by atoms with van der Waals surface area (Å²) in [6.07, 6.45) is 0.301. The van der Waals surface area contributed by atoms with Crippen LogP contribution < -0.4 is 5.32 Å². The van der Waals surface area contributed by atoms with E-state index < -0.39 is 9.84 Å². The van der Waals surface area contributed by atoms with E-state index in [4.69, 9.17) is 23.2 Å². The quantitative estimate of drug-likeness (QED) is 0.575. The maximum Gasteiger partial charge on any atom is 0.226 e. The molecule has 0 aliphatic carbocycles. The average molecular weight is 443 g/mol. The minimum atomic E-state index is -3.40. The van der Waals surface area contributed by atoms with E-state index in [-0.39, 0.29) is 29.4 Å². The number of anilines is 1. The number of sulfone groups is 1. The van der Waals surface area contributed by atoms with Crippen molar-refractivity contribution in [2.75, 3.05) is 11.1 Å². The van der Waals surface area contributed by atoms with Crippen LogP contribution in [-0.4, -0.2) is 25.1 Å². The van der Waals surface area contributed by atoms with Gasteiger partial charge in [0.05, 0.1) is 25.4 Å². The molecule has 0 bridgehead atoms. The normalized spacial score (nSPS) is 11.7. The van der Waals surface area contributed by atoms with Gasteiger partial charge < -0.3 is 5.32 Å². The van der Waals surface area contributed by atoms with Crippen LogP contribution in [0.5, 0.6) is 0 Å². The van der Waals surface area contributed by atoms with Gasteiger partial charge in [-0.1, -0.05) is 52.2 Å². The number of carbonyl (C=O) groups excluding carboxylic acids is 1. The summed E-state index contributed by atoms with van der Waals surface area (Å²) in [5.74, 6) is -0.388. The largest absolute Gasteiger partial charge is 0.302 e. The van der Waals surface area contributed by atoms with Crippen molar-refractivity contribution in [3.05, 3.63) is 52.0 Å². The van der Waals surface area contributed by atoms with Gasteiger partial charge in [-0.2, -0.15) is 0 Å². The number of benzene rings is 2. The number of amides is 1. The molecule has 0 spiro atoms. The highest BCUT2D eigenvalue weighted by Crippen LogP contribution is 2.35. The number of aromatic nitrogens is 1. The van der Waals surface area contributed by atoms with Crippen LogP contribution in [0.15, 0.2) is 41.3 Å². The molecule has 1 N–H and O–H groups in total. The van der Waals surface area contributed by atoms with E-state index in [0.717, 1.165) is 10.3 Å². The molecule has 1 amide bonds. The van der Waals surface area contributed by atoms with E-state index >= 15 is 0 Å². The average Bonchev–Trinajstić information content (AvgIpc) is 3.01. The molecule has 5 nitrogen and oxygen atoms in total. The Morgan fingerprint density at radius 3 is 2.56 bits per heavy atom. The first kappa shape index (κ1) is 20.1. The van der Waals surface area contributed by atoms with Crippen molar-refractivity contribution in [3.8, 4) is 0 Å². The van der Waals surface area contributed by atoms with Crippen molar-refractivity contribution in [3.63, 3.8) is 0 Å². The lowest BCUT2D eigenvalue weighted by molar-refractivity contribution is -0.116. The molecule has 1 aromatic heterocycles. The van der Waals surface area contributed by atoms with Crippen LogP contribution in [0.3, 0.4) is 0 Å². The summed E-state index contributed by atoms with van der Waals surface area (Å²) in [5, 5.41) is 3.83. The molecule has 0 saturated carbocycles. The number of nitrogens with one attached hydrogen (secondary N) is 1. The molecule has 27 heavy (non-hydrogen) atoms. The number of fused-ring (bicyclic) bond motifs is 1. The second-order valence-corrected chi connectivity index (χ2v) is 9.94. The maximum atomic E-state index is 12.3. The third-order valence-corrected chi connectivity index (χ3v) is 7.44. The summed E-state index contributed by atoms with van der Waals surface area (Å²) in [6.45, 7) is 1.89. The molecule has 2 aromatic carbocycles. The summed E-state index contributed by atoms with van der Waals surface area (Å²) in [5.41, 5.74) is 1.52. The second-order valence-electron chi connectivity index (χ2n) is 6.01. The summed E-state index contributed by atoms with van der Waals surface area (Å²) >= 11 is 13.4. The smallest absolute Gasteiger partial charge is 0.226 e.